The van der Waals surface area contributed by atoms with Gasteiger partial charge in [-0.2, -0.15) is 5.26 Å². The predicted molar refractivity (Wildman–Crippen MR) is 84.1 cm³/mol. The summed E-state index contributed by atoms with van der Waals surface area (Å²) in [6, 6.07) is 9.07. The molecule has 0 saturated carbocycles. The van der Waals surface area contributed by atoms with E-state index < -0.39 is 0 Å². The van der Waals surface area contributed by atoms with Gasteiger partial charge in [0.1, 0.15) is 6.07 Å². The van der Waals surface area contributed by atoms with Crippen molar-refractivity contribution in [2.75, 3.05) is 18.0 Å². The van der Waals surface area contributed by atoms with Crippen molar-refractivity contribution >= 4 is 17.5 Å². The molecule has 0 aromatic heterocycles. The third-order valence-corrected chi connectivity index (χ3v) is 3.83. The van der Waals surface area contributed by atoms with E-state index >= 15 is 0 Å². The van der Waals surface area contributed by atoms with E-state index in [-0.39, 0.29) is 24.2 Å². The summed E-state index contributed by atoms with van der Waals surface area (Å²) in [5.41, 5.74) is 1.05. The SMILES string of the molecule is CC(C)CCNC(=O)C1CC(=O)N(c2ccccc2C#N)C1. The van der Waals surface area contributed by atoms with Crippen molar-refractivity contribution in [1.82, 2.24) is 5.32 Å². The zero-order chi connectivity index (χ0) is 16.1. The monoisotopic (exact) mass is 299 g/mol. The fraction of sp³-hybridized carbons (Fsp3) is 0.471. The lowest BCUT2D eigenvalue weighted by atomic mass is 10.1. The Bertz CT molecular complexity index is 604. The van der Waals surface area contributed by atoms with Crippen LogP contribution in [0.15, 0.2) is 24.3 Å². The second-order valence-corrected chi connectivity index (χ2v) is 6.01. The van der Waals surface area contributed by atoms with E-state index in [1.807, 2.05) is 0 Å². The molecule has 0 radical (unpaired) electrons. The Morgan fingerprint density at radius 1 is 1.45 bits per heavy atom. The molecule has 1 fully saturated rings. The van der Waals surface area contributed by atoms with Gasteiger partial charge in [0.25, 0.3) is 0 Å². The number of carbonyl (C=O) groups is 2. The summed E-state index contributed by atoms with van der Waals surface area (Å²) < 4.78 is 0. The smallest absolute Gasteiger partial charge is 0.227 e. The molecule has 0 bridgehead atoms. The number of benzene rings is 1. The lowest BCUT2D eigenvalue weighted by Crippen LogP contribution is -2.34. The number of carbonyl (C=O) groups excluding carboxylic acids is 2. The molecule has 1 unspecified atom stereocenters. The molecular weight excluding hydrogens is 278 g/mol. The summed E-state index contributed by atoms with van der Waals surface area (Å²) in [4.78, 5) is 25.9. The maximum absolute atomic E-state index is 12.2. The van der Waals surface area contributed by atoms with Gasteiger partial charge >= 0.3 is 0 Å². The number of nitriles is 1. The van der Waals surface area contributed by atoms with Crippen LogP contribution in [-0.4, -0.2) is 24.9 Å². The number of para-hydroxylation sites is 1. The van der Waals surface area contributed by atoms with Crippen LogP contribution in [-0.2, 0) is 9.59 Å². The lowest BCUT2D eigenvalue weighted by Gasteiger charge is -2.18. The van der Waals surface area contributed by atoms with Crippen LogP contribution in [0.3, 0.4) is 0 Å². The first-order valence-corrected chi connectivity index (χ1v) is 7.60. The van der Waals surface area contributed by atoms with Crippen LogP contribution in [0.4, 0.5) is 5.69 Å². The Balaban J connectivity index is 2.02. The first-order valence-electron chi connectivity index (χ1n) is 7.60. The minimum Gasteiger partial charge on any atom is -0.356 e. The molecule has 1 aromatic rings. The second kappa shape index (κ2) is 7.08. The van der Waals surface area contributed by atoms with Crippen LogP contribution in [0.25, 0.3) is 0 Å². The molecule has 116 valence electrons. The predicted octanol–water partition coefficient (Wildman–Crippen LogP) is 2.07. The Kier molecular flexibility index (Phi) is 5.16. The average Bonchev–Trinajstić information content (AvgIpc) is 2.88. The van der Waals surface area contributed by atoms with E-state index in [9.17, 15) is 9.59 Å². The van der Waals surface area contributed by atoms with Crippen molar-refractivity contribution in [2.24, 2.45) is 11.8 Å². The van der Waals surface area contributed by atoms with Gasteiger partial charge in [-0.3, -0.25) is 9.59 Å². The molecule has 1 saturated heterocycles. The van der Waals surface area contributed by atoms with Gasteiger partial charge in [-0.25, -0.2) is 0 Å². The summed E-state index contributed by atoms with van der Waals surface area (Å²) in [5, 5.41) is 12.0. The second-order valence-electron chi connectivity index (χ2n) is 6.01. The van der Waals surface area contributed by atoms with Gasteiger partial charge in [0.15, 0.2) is 0 Å². The van der Waals surface area contributed by atoms with Gasteiger partial charge < -0.3 is 10.2 Å². The number of nitrogens with one attached hydrogen (secondary N) is 1. The molecule has 2 amide bonds. The van der Waals surface area contributed by atoms with Gasteiger partial charge in [0, 0.05) is 19.5 Å². The van der Waals surface area contributed by atoms with E-state index in [0.29, 0.717) is 30.3 Å². The highest BCUT2D eigenvalue weighted by molar-refractivity contribution is 6.01. The van der Waals surface area contributed by atoms with Gasteiger partial charge in [0.05, 0.1) is 17.2 Å². The third-order valence-electron chi connectivity index (χ3n) is 3.83. The maximum atomic E-state index is 12.2. The van der Waals surface area contributed by atoms with Gasteiger partial charge in [-0.1, -0.05) is 26.0 Å². The quantitative estimate of drug-likeness (QED) is 0.904. The lowest BCUT2D eigenvalue weighted by molar-refractivity contribution is -0.126. The highest BCUT2D eigenvalue weighted by atomic mass is 16.2. The molecule has 5 nitrogen and oxygen atoms in total. The number of rotatable bonds is 5. The molecule has 5 heteroatoms. The molecule has 1 aliphatic heterocycles. The van der Waals surface area contributed by atoms with Crippen LogP contribution in [0, 0.1) is 23.2 Å². The number of amides is 2. The Hall–Kier alpha value is -2.35. The molecule has 0 spiro atoms. The Morgan fingerprint density at radius 3 is 2.86 bits per heavy atom. The van der Waals surface area contributed by atoms with Crippen molar-refractivity contribution in [1.29, 1.82) is 5.26 Å². The van der Waals surface area contributed by atoms with E-state index in [2.05, 4.69) is 25.2 Å². The van der Waals surface area contributed by atoms with Crippen molar-refractivity contribution in [3.8, 4) is 6.07 Å². The van der Waals surface area contributed by atoms with Crippen molar-refractivity contribution in [3.05, 3.63) is 29.8 Å². The first kappa shape index (κ1) is 16.0. The number of anilines is 1. The molecule has 1 aliphatic rings. The number of hydrogen-bond acceptors (Lipinski definition) is 3. The molecule has 0 aliphatic carbocycles. The van der Waals surface area contributed by atoms with E-state index in [4.69, 9.17) is 5.26 Å². The summed E-state index contributed by atoms with van der Waals surface area (Å²) in [7, 11) is 0. The van der Waals surface area contributed by atoms with Crippen molar-refractivity contribution in [3.63, 3.8) is 0 Å². The zero-order valence-electron chi connectivity index (χ0n) is 13.0. The molecule has 22 heavy (non-hydrogen) atoms. The number of hydrogen-bond donors (Lipinski definition) is 1. The summed E-state index contributed by atoms with van der Waals surface area (Å²) in [5.74, 6) is 0.00794. The normalized spacial score (nSPS) is 17.6. The Morgan fingerprint density at radius 2 is 2.18 bits per heavy atom. The van der Waals surface area contributed by atoms with Crippen LogP contribution in [0.2, 0.25) is 0 Å². The van der Waals surface area contributed by atoms with E-state index in [0.717, 1.165) is 6.42 Å². The number of nitrogens with zero attached hydrogens (tertiary/aromatic N) is 2. The molecule has 1 heterocycles. The fourth-order valence-corrected chi connectivity index (χ4v) is 2.55. The average molecular weight is 299 g/mol. The molecule has 1 atom stereocenters. The largest absolute Gasteiger partial charge is 0.356 e. The first-order chi connectivity index (χ1) is 10.5. The van der Waals surface area contributed by atoms with Gasteiger partial charge in [0.2, 0.25) is 11.8 Å². The van der Waals surface area contributed by atoms with Crippen LogP contribution < -0.4 is 10.2 Å². The van der Waals surface area contributed by atoms with Crippen molar-refractivity contribution in [2.45, 2.75) is 26.7 Å². The minimum absolute atomic E-state index is 0.0778. The molecule has 1 N–H and O–H groups in total. The van der Waals surface area contributed by atoms with Gasteiger partial charge in [-0.05, 0) is 24.5 Å². The van der Waals surface area contributed by atoms with Crippen LogP contribution in [0.1, 0.15) is 32.3 Å². The summed E-state index contributed by atoms with van der Waals surface area (Å²) >= 11 is 0. The van der Waals surface area contributed by atoms with Crippen LogP contribution >= 0.6 is 0 Å². The molecule has 1 aromatic carbocycles. The Labute approximate surface area is 130 Å². The third kappa shape index (κ3) is 3.64. The molecular formula is C17H21N3O2. The van der Waals surface area contributed by atoms with Crippen molar-refractivity contribution < 1.29 is 9.59 Å². The van der Waals surface area contributed by atoms with Gasteiger partial charge in [-0.15, -0.1) is 0 Å². The standard InChI is InChI=1S/C17H21N3O2/c1-12(2)7-8-19-17(22)14-9-16(21)20(11-14)15-6-4-3-5-13(15)10-18/h3-6,12,14H,7-9,11H2,1-2H3,(H,19,22). The maximum Gasteiger partial charge on any atom is 0.227 e. The summed E-state index contributed by atoms with van der Waals surface area (Å²) in [6.07, 6.45) is 1.13. The van der Waals surface area contributed by atoms with E-state index in [1.54, 1.807) is 29.2 Å². The van der Waals surface area contributed by atoms with E-state index in [1.165, 1.54) is 0 Å². The topological polar surface area (TPSA) is 73.2 Å². The highest BCUT2D eigenvalue weighted by Gasteiger charge is 2.35. The summed E-state index contributed by atoms with van der Waals surface area (Å²) in [6.45, 7) is 5.18. The highest BCUT2D eigenvalue weighted by Crippen LogP contribution is 2.27. The minimum atomic E-state index is -0.341. The molecule has 2 rings (SSSR count). The zero-order valence-corrected chi connectivity index (χ0v) is 13.0. The van der Waals surface area contributed by atoms with Crippen LogP contribution in [0.5, 0.6) is 0 Å². The fourth-order valence-electron chi connectivity index (χ4n) is 2.55.